The van der Waals surface area contributed by atoms with E-state index in [0.717, 1.165) is 0 Å². The van der Waals surface area contributed by atoms with Crippen LogP contribution in [0.3, 0.4) is 0 Å². The van der Waals surface area contributed by atoms with Crippen LogP contribution in [-0.2, 0) is 9.59 Å². The summed E-state index contributed by atoms with van der Waals surface area (Å²) in [5.74, 6) is -1.08. The lowest BCUT2D eigenvalue weighted by Crippen LogP contribution is -2.28. The number of hydrogen-bond acceptors (Lipinski definition) is 3. The molecule has 4 nitrogen and oxygen atoms in total. The third-order valence-corrected chi connectivity index (χ3v) is 1.22. The van der Waals surface area contributed by atoms with E-state index in [2.05, 4.69) is 0 Å². The molecule has 0 saturated carbocycles. The largest absolute Gasteiger partial charge is 0.395 e. The maximum atomic E-state index is 10.7. The number of carbonyl (C=O) groups excluding carboxylic acids is 2. The monoisotopic (exact) mass is 141 g/mol. The minimum absolute atomic E-state index is 0.122. The van der Waals surface area contributed by atoms with Crippen molar-refractivity contribution < 1.29 is 14.7 Å². The molecule has 1 aliphatic heterocycles. The van der Waals surface area contributed by atoms with E-state index in [1.54, 1.807) is 0 Å². The van der Waals surface area contributed by atoms with Crippen molar-refractivity contribution in [3.8, 4) is 0 Å². The van der Waals surface area contributed by atoms with E-state index in [9.17, 15) is 9.59 Å². The average molecular weight is 141 g/mol. The molecule has 0 aliphatic carbocycles. The van der Waals surface area contributed by atoms with Gasteiger partial charge >= 0.3 is 0 Å². The van der Waals surface area contributed by atoms with Crippen molar-refractivity contribution in [2.45, 2.75) is 0 Å². The molecule has 0 radical (unpaired) electrons. The molecule has 1 rings (SSSR count). The predicted molar refractivity (Wildman–Crippen MR) is 32.9 cm³/mol. The van der Waals surface area contributed by atoms with Crippen molar-refractivity contribution in [1.29, 1.82) is 0 Å². The molecule has 4 heteroatoms. The maximum Gasteiger partial charge on any atom is 0.298 e. The molecule has 0 atom stereocenters. The first-order chi connectivity index (χ1) is 4.75. The van der Waals surface area contributed by atoms with Crippen molar-refractivity contribution in [2.24, 2.45) is 0 Å². The molecule has 54 valence electrons. The van der Waals surface area contributed by atoms with Gasteiger partial charge in [-0.15, -0.1) is 0 Å². The minimum Gasteiger partial charge on any atom is -0.395 e. The molecule has 1 amide bonds. The number of nitrogens with zero attached hydrogens (tertiary/aromatic N) is 1. The Bertz CT molecular complexity index is 197. The van der Waals surface area contributed by atoms with Crippen LogP contribution in [0.25, 0.3) is 0 Å². The van der Waals surface area contributed by atoms with Gasteiger partial charge in [0.15, 0.2) is 0 Å². The summed E-state index contributed by atoms with van der Waals surface area (Å²) in [4.78, 5) is 22.4. The van der Waals surface area contributed by atoms with Gasteiger partial charge in [-0.1, -0.05) is 0 Å². The number of rotatable bonds is 2. The molecule has 0 aromatic carbocycles. The normalized spacial score (nSPS) is 17.1. The summed E-state index contributed by atoms with van der Waals surface area (Å²) in [7, 11) is 0. The lowest BCUT2D eigenvalue weighted by atomic mass is 10.4. The van der Waals surface area contributed by atoms with Crippen LogP contribution in [0.1, 0.15) is 0 Å². The Morgan fingerprint density at radius 3 is 2.60 bits per heavy atom. The zero-order valence-corrected chi connectivity index (χ0v) is 5.28. The molecule has 0 fully saturated rings. The van der Waals surface area contributed by atoms with Crippen molar-refractivity contribution >= 4 is 11.7 Å². The van der Waals surface area contributed by atoms with Crippen LogP contribution in [0.2, 0.25) is 0 Å². The molecule has 0 saturated heterocycles. The molecule has 10 heavy (non-hydrogen) atoms. The van der Waals surface area contributed by atoms with Crippen LogP contribution in [0.4, 0.5) is 0 Å². The SMILES string of the molecule is O=C1C=CN(CCO)C1=O. The Labute approximate surface area is 57.7 Å². The molecule has 0 spiro atoms. The number of carbonyl (C=O) groups is 2. The second-order valence-electron chi connectivity index (χ2n) is 1.90. The summed E-state index contributed by atoms with van der Waals surface area (Å²) < 4.78 is 0. The van der Waals surface area contributed by atoms with Gasteiger partial charge in [-0.3, -0.25) is 9.59 Å². The van der Waals surface area contributed by atoms with E-state index in [1.165, 1.54) is 17.2 Å². The third kappa shape index (κ3) is 1.06. The van der Waals surface area contributed by atoms with Gasteiger partial charge in [0, 0.05) is 18.8 Å². The van der Waals surface area contributed by atoms with E-state index in [0.29, 0.717) is 0 Å². The van der Waals surface area contributed by atoms with Crippen molar-refractivity contribution in [1.82, 2.24) is 4.90 Å². The molecular weight excluding hydrogens is 134 g/mol. The van der Waals surface area contributed by atoms with Crippen LogP contribution >= 0.6 is 0 Å². The number of hydrogen-bond donors (Lipinski definition) is 1. The van der Waals surface area contributed by atoms with Gasteiger partial charge in [-0.2, -0.15) is 0 Å². The summed E-state index contributed by atoms with van der Waals surface area (Å²) in [5.41, 5.74) is 0. The number of amides is 1. The average Bonchev–Trinajstić information content (AvgIpc) is 2.20. The van der Waals surface area contributed by atoms with E-state index < -0.39 is 11.7 Å². The first-order valence-electron chi connectivity index (χ1n) is 2.89. The van der Waals surface area contributed by atoms with E-state index in [-0.39, 0.29) is 13.2 Å². The van der Waals surface area contributed by atoms with E-state index in [1.807, 2.05) is 0 Å². The quantitative estimate of drug-likeness (QED) is 0.497. The van der Waals surface area contributed by atoms with Gasteiger partial charge < -0.3 is 10.0 Å². The third-order valence-electron chi connectivity index (χ3n) is 1.22. The summed E-state index contributed by atoms with van der Waals surface area (Å²) in [6.07, 6.45) is 2.57. The minimum atomic E-state index is -0.561. The highest BCUT2D eigenvalue weighted by atomic mass is 16.3. The Hall–Kier alpha value is -1.16. The summed E-state index contributed by atoms with van der Waals surface area (Å²) in [5, 5.41) is 8.39. The van der Waals surface area contributed by atoms with Crippen molar-refractivity contribution in [3.63, 3.8) is 0 Å². The smallest absolute Gasteiger partial charge is 0.298 e. The van der Waals surface area contributed by atoms with Crippen LogP contribution in [0, 0.1) is 0 Å². The summed E-state index contributed by atoms with van der Waals surface area (Å²) in [6, 6.07) is 0. The van der Waals surface area contributed by atoms with Gasteiger partial charge in [-0.25, -0.2) is 0 Å². The molecular formula is C6H7NO3. The second-order valence-corrected chi connectivity index (χ2v) is 1.90. The van der Waals surface area contributed by atoms with Gasteiger partial charge in [0.2, 0.25) is 5.78 Å². The lowest BCUT2D eigenvalue weighted by molar-refractivity contribution is -0.139. The van der Waals surface area contributed by atoms with Gasteiger partial charge in [0.05, 0.1) is 6.61 Å². The summed E-state index contributed by atoms with van der Waals surface area (Å²) in [6.45, 7) is 0.0738. The predicted octanol–water partition coefficient (Wildman–Crippen LogP) is -1.10. The fourth-order valence-electron chi connectivity index (χ4n) is 0.722. The number of aliphatic hydroxyl groups is 1. The fraction of sp³-hybridized carbons (Fsp3) is 0.333. The van der Waals surface area contributed by atoms with Crippen LogP contribution in [0.15, 0.2) is 12.3 Å². The molecule has 0 aromatic heterocycles. The van der Waals surface area contributed by atoms with Crippen molar-refractivity contribution in [3.05, 3.63) is 12.3 Å². The highest BCUT2D eigenvalue weighted by molar-refractivity contribution is 6.42. The zero-order valence-electron chi connectivity index (χ0n) is 5.28. The molecule has 1 heterocycles. The first-order valence-corrected chi connectivity index (χ1v) is 2.89. The molecule has 0 bridgehead atoms. The van der Waals surface area contributed by atoms with Gasteiger partial charge in [0.1, 0.15) is 0 Å². The molecule has 1 aliphatic rings. The van der Waals surface area contributed by atoms with Gasteiger partial charge in [-0.05, 0) is 0 Å². The lowest BCUT2D eigenvalue weighted by Gasteiger charge is -2.08. The topological polar surface area (TPSA) is 57.6 Å². The van der Waals surface area contributed by atoms with Crippen molar-refractivity contribution in [2.75, 3.05) is 13.2 Å². The van der Waals surface area contributed by atoms with Crippen LogP contribution in [0.5, 0.6) is 0 Å². The highest BCUT2D eigenvalue weighted by Gasteiger charge is 2.22. The number of ketones is 1. The first kappa shape index (κ1) is 6.95. The van der Waals surface area contributed by atoms with Crippen LogP contribution in [-0.4, -0.2) is 34.8 Å². The number of aliphatic hydroxyl groups excluding tert-OH is 1. The fourth-order valence-corrected chi connectivity index (χ4v) is 0.722. The standard InChI is InChI=1S/C6H7NO3/c8-4-3-7-2-1-5(9)6(7)10/h1-2,8H,3-4H2. The highest BCUT2D eigenvalue weighted by Crippen LogP contribution is 2.00. The van der Waals surface area contributed by atoms with E-state index in [4.69, 9.17) is 5.11 Å². The Morgan fingerprint density at radius 2 is 2.20 bits per heavy atom. The van der Waals surface area contributed by atoms with Gasteiger partial charge in [0.25, 0.3) is 5.91 Å². The van der Waals surface area contributed by atoms with E-state index >= 15 is 0 Å². The maximum absolute atomic E-state index is 10.7. The molecule has 0 unspecified atom stereocenters. The molecule has 0 aromatic rings. The van der Waals surface area contributed by atoms with Crippen LogP contribution < -0.4 is 0 Å². The summed E-state index contributed by atoms with van der Waals surface area (Å²) >= 11 is 0. The second kappa shape index (κ2) is 2.62. The number of β-amino-alcohol motifs (C(OH)–C–C–N with tert-alkyl or cyclic N) is 1. The Kier molecular flexibility index (Phi) is 1.82. The Balaban J connectivity index is 2.58. The Morgan fingerprint density at radius 1 is 1.50 bits per heavy atom. The zero-order chi connectivity index (χ0) is 7.56. The molecule has 1 N–H and O–H groups in total.